The van der Waals surface area contributed by atoms with E-state index in [1.807, 2.05) is 18.7 Å². The summed E-state index contributed by atoms with van der Waals surface area (Å²) < 4.78 is 0. The van der Waals surface area contributed by atoms with Gasteiger partial charge in [0.05, 0.1) is 6.10 Å². The van der Waals surface area contributed by atoms with Gasteiger partial charge in [-0.1, -0.05) is 0 Å². The van der Waals surface area contributed by atoms with E-state index in [9.17, 15) is 9.90 Å². The van der Waals surface area contributed by atoms with E-state index in [0.29, 0.717) is 25.3 Å². The summed E-state index contributed by atoms with van der Waals surface area (Å²) in [6, 6.07) is 0. The fourth-order valence-corrected chi connectivity index (χ4v) is 3.37. The van der Waals surface area contributed by atoms with Crippen molar-refractivity contribution in [2.75, 3.05) is 26.7 Å². The van der Waals surface area contributed by atoms with E-state index in [4.69, 9.17) is 0 Å². The van der Waals surface area contributed by atoms with Crippen molar-refractivity contribution in [3.63, 3.8) is 0 Å². The van der Waals surface area contributed by atoms with E-state index in [1.54, 1.807) is 0 Å². The zero-order valence-corrected chi connectivity index (χ0v) is 11.9. The average molecular weight is 254 g/mol. The minimum Gasteiger partial charge on any atom is -0.391 e. The Bertz CT molecular complexity index is 317. The summed E-state index contributed by atoms with van der Waals surface area (Å²) in [7, 11) is 2.14. The van der Waals surface area contributed by atoms with Crippen molar-refractivity contribution in [3.05, 3.63) is 0 Å². The molecule has 1 N–H and O–H groups in total. The molecule has 2 heterocycles. The lowest BCUT2D eigenvalue weighted by molar-refractivity contribution is -0.134. The Morgan fingerprint density at radius 3 is 2.61 bits per heavy atom. The first kappa shape index (κ1) is 13.8. The molecule has 2 saturated heterocycles. The predicted molar refractivity (Wildman–Crippen MR) is 71.3 cm³/mol. The molecule has 0 spiro atoms. The Morgan fingerprint density at radius 1 is 1.39 bits per heavy atom. The fraction of sp³-hybridized carbons (Fsp3) is 0.929. The lowest BCUT2D eigenvalue weighted by Crippen LogP contribution is -2.42. The number of rotatable bonds is 3. The molecule has 2 fully saturated rings. The summed E-state index contributed by atoms with van der Waals surface area (Å²) in [6.45, 7) is 6.89. The molecule has 2 unspecified atom stereocenters. The van der Waals surface area contributed by atoms with Crippen LogP contribution in [0.25, 0.3) is 0 Å². The second-order valence-electron chi connectivity index (χ2n) is 6.63. The number of carbonyl (C=O) groups excluding carboxylic acids is 1. The minimum absolute atomic E-state index is 0.178. The average Bonchev–Trinajstić information content (AvgIpc) is 2.78. The number of aliphatic hydroxyl groups is 1. The van der Waals surface area contributed by atoms with Crippen LogP contribution in [0.4, 0.5) is 0 Å². The number of hydrogen-bond donors (Lipinski definition) is 1. The van der Waals surface area contributed by atoms with Gasteiger partial charge in [-0.25, -0.2) is 0 Å². The van der Waals surface area contributed by atoms with E-state index in [-0.39, 0.29) is 17.6 Å². The van der Waals surface area contributed by atoms with Gasteiger partial charge in [0.15, 0.2) is 0 Å². The van der Waals surface area contributed by atoms with Crippen LogP contribution in [0.3, 0.4) is 0 Å². The zero-order chi connectivity index (χ0) is 13.3. The lowest BCUT2D eigenvalue weighted by atomic mass is 9.99. The summed E-state index contributed by atoms with van der Waals surface area (Å²) in [5, 5.41) is 9.70. The van der Waals surface area contributed by atoms with Gasteiger partial charge in [-0.15, -0.1) is 0 Å². The molecular formula is C14H26N2O2. The molecule has 0 radical (unpaired) electrons. The molecule has 0 aliphatic carbocycles. The lowest BCUT2D eigenvalue weighted by Gasteiger charge is -2.31. The summed E-state index contributed by atoms with van der Waals surface area (Å²) in [4.78, 5) is 16.4. The Labute approximate surface area is 110 Å². The van der Waals surface area contributed by atoms with Crippen molar-refractivity contribution in [2.45, 2.75) is 51.2 Å². The van der Waals surface area contributed by atoms with Gasteiger partial charge in [0.2, 0.25) is 5.91 Å². The van der Waals surface area contributed by atoms with Crippen LogP contribution in [0, 0.1) is 5.92 Å². The van der Waals surface area contributed by atoms with Gasteiger partial charge in [0, 0.05) is 25.0 Å². The SMILES string of the molecule is CN1CCC(CCC(=O)N2CC(O)CC2(C)C)C1. The Morgan fingerprint density at radius 2 is 2.11 bits per heavy atom. The minimum atomic E-state index is -0.346. The van der Waals surface area contributed by atoms with Crippen molar-refractivity contribution < 1.29 is 9.90 Å². The van der Waals surface area contributed by atoms with Crippen LogP contribution in [0.2, 0.25) is 0 Å². The normalized spacial score (nSPS) is 32.1. The summed E-state index contributed by atoms with van der Waals surface area (Å²) in [5.41, 5.74) is -0.178. The van der Waals surface area contributed by atoms with Gasteiger partial charge < -0.3 is 14.9 Å². The van der Waals surface area contributed by atoms with Crippen molar-refractivity contribution in [1.82, 2.24) is 9.80 Å². The number of carbonyl (C=O) groups is 1. The van der Waals surface area contributed by atoms with Gasteiger partial charge in [-0.3, -0.25) is 4.79 Å². The molecule has 2 aliphatic rings. The summed E-state index contributed by atoms with van der Waals surface area (Å²) in [5.74, 6) is 0.890. The highest BCUT2D eigenvalue weighted by atomic mass is 16.3. The van der Waals surface area contributed by atoms with E-state index >= 15 is 0 Å². The molecule has 2 atom stereocenters. The first-order valence-electron chi connectivity index (χ1n) is 7.05. The van der Waals surface area contributed by atoms with Crippen LogP contribution >= 0.6 is 0 Å². The van der Waals surface area contributed by atoms with E-state index in [2.05, 4.69) is 11.9 Å². The molecule has 0 aromatic heterocycles. The molecule has 0 saturated carbocycles. The van der Waals surface area contributed by atoms with Gasteiger partial charge in [-0.05, 0) is 52.6 Å². The Hall–Kier alpha value is -0.610. The van der Waals surface area contributed by atoms with Crippen molar-refractivity contribution in [1.29, 1.82) is 0 Å². The monoisotopic (exact) mass is 254 g/mol. The number of aliphatic hydroxyl groups excluding tert-OH is 1. The van der Waals surface area contributed by atoms with Crippen molar-refractivity contribution in [2.24, 2.45) is 5.92 Å². The molecular weight excluding hydrogens is 228 g/mol. The van der Waals surface area contributed by atoms with Gasteiger partial charge in [-0.2, -0.15) is 0 Å². The molecule has 0 aromatic rings. The first-order chi connectivity index (χ1) is 8.38. The fourth-order valence-electron chi connectivity index (χ4n) is 3.37. The van der Waals surface area contributed by atoms with Crippen molar-refractivity contribution >= 4 is 5.91 Å². The number of likely N-dealkylation sites (tertiary alicyclic amines) is 2. The molecule has 2 rings (SSSR count). The highest BCUT2D eigenvalue weighted by Crippen LogP contribution is 2.30. The van der Waals surface area contributed by atoms with Crippen LogP contribution in [0.1, 0.15) is 39.5 Å². The zero-order valence-electron chi connectivity index (χ0n) is 11.9. The van der Waals surface area contributed by atoms with Crippen LogP contribution in [0.5, 0.6) is 0 Å². The number of nitrogens with zero attached hydrogens (tertiary/aromatic N) is 2. The van der Waals surface area contributed by atoms with Crippen LogP contribution in [0.15, 0.2) is 0 Å². The van der Waals surface area contributed by atoms with Crippen LogP contribution < -0.4 is 0 Å². The third-order valence-corrected chi connectivity index (χ3v) is 4.42. The Balaban J connectivity index is 1.81. The number of β-amino-alcohol motifs (C(OH)–C–C–N with tert-alkyl or cyclic N) is 1. The predicted octanol–water partition coefficient (Wildman–Crippen LogP) is 1.09. The molecule has 104 valence electrons. The Kier molecular flexibility index (Phi) is 3.97. The van der Waals surface area contributed by atoms with Gasteiger partial charge in [0.1, 0.15) is 0 Å². The van der Waals surface area contributed by atoms with Crippen LogP contribution in [-0.2, 0) is 4.79 Å². The first-order valence-corrected chi connectivity index (χ1v) is 7.05. The molecule has 4 nitrogen and oxygen atoms in total. The van der Waals surface area contributed by atoms with E-state index in [1.165, 1.54) is 6.42 Å². The second kappa shape index (κ2) is 5.17. The van der Waals surface area contributed by atoms with Gasteiger partial charge >= 0.3 is 0 Å². The quantitative estimate of drug-likeness (QED) is 0.820. The molecule has 1 amide bonds. The van der Waals surface area contributed by atoms with Crippen molar-refractivity contribution in [3.8, 4) is 0 Å². The van der Waals surface area contributed by atoms with E-state index < -0.39 is 0 Å². The number of hydrogen-bond acceptors (Lipinski definition) is 3. The second-order valence-corrected chi connectivity index (χ2v) is 6.63. The third-order valence-electron chi connectivity index (χ3n) is 4.42. The molecule has 18 heavy (non-hydrogen) atoms. The van der Waals surface area contributed by atoms with E-state index in [0.717, 1.165) is 19.5 Å². The highest BCUT2D eigenvalue weighted by Gasteiger charge is 2.40. The summed E-state index contributed by atoms with van der Waals surface area (Å²) in [6.07, 6.45) is 3.20. The topological polar surface area (TPSA) is 43.8 Å². The molecule has 4 heteroatoms. The molecule has 0 bridgehead atoms. The maximum absolute atomic E-state index is 12.2. The largest absolute Gasteiger partial charge is 0.391 e. The summed E-state index contributed by atoms with van der Waals surface area (Å²) >= 11 is 0. The highest BCUT2D eigenvalue weighted by molar-refractivity contribution is 5.77. The molecule has 2 aliphatic heterocycles. The maximum Gasteiger partial charge on any atom is 0.223 e. The smallest absolute Gasteiger partial charge is 0.223 e. The van der Waals surface area contributed by atoms with Crippen LogP contribution in [-0.4, -0.2) is 59.1 Å². The third kappa shape index (κ3) is 3.04. The standard InChI is InChI=1S/C14H26N2O2/c1-14(2)8-12(17)10-16(14)13(18)5-4-11-6-7-15(3)9-11/h11-12,17H,4-10H2,1-3H3. The number of amides is 1. The maximum atomic E-state index is 12.2. The van der Waals surface area contributed by atoms with Gasteiger partial charge in [0.25, 0.3) is 0 Å². The molecule has 0 aromatic carbocycles.